The summed E-state index contributed by atoms with van der Waals surface area (Å²) < 4.78 is 13.9. The molecule has 0 fully saturated rings. The zero-order valence-corrected chi connectivity index (χ0v) is 13.0. The SMILES string of the molecule is CCCc1ccccc1NC1CCSc2c(F)cccc21. The molecule has 3 rings (SSSR count). The summed E-state index contributed by atoms with van der Waals surface area (Å²) in [5, 5.41) is 3.64. The Kier molecular flexibility index (Phi) is 4.49. The second kappa shape index (κ2) is 6.52. The van der Waals surface area contributed by atoms with Crippen molar-refractivity contribution in [2.75, 3.05) is 11.1 Å². The number of hydrogen-bond donors (Lipinski definition) is 1. The number of para-hydroxylation sites is 1. The molecule has 110 valence electrons. The average Bonchev–Trinajstić information content (AvgIpc) is 2.51. The largest absolute Gasteiger partial charge is 0.378 e. The second-order valence-electron chi connectivity index (χ2n) is 5.40. The van der Waals surface area contributed by atoms with Gasteiger partial charge in [-0.1, -0.05) is 43.7 Å². The van der Waals surface area contributed by atoms with Crippen LogP contribution in [0.1, 0.15) is 36.9 Å². The van der Waals surface area contributed by atoms with Crippen molar-refractivity contribution in [3.63, 3.8) is 0 Å². The molecule has 0 aromatic heterocycles. The summed E-state index contributed by atoms with van der Waals surface area (Å²) in [7, 11) is 0. The number of fused-ring (bicyclic) bond motifs is 1. The molecule has 21 heavy (non-hydrogen) atoms. The van der Waals surface area contributed by atoms with Crippen LogP contribution in [0, 0.1) is 5.82 Å². The van der Waals surface area contributed by atoms with Crippen molar-refractivity contribution < 1.29 is 4.39 Å². The number of halogens is 1. The average molecular weight is 301 g/mol. The highest BCUT2D eigenvalue weighted by molar-refractivity contribution is 7.99. The zero-order chi connectivity index (χ0) is 14.7. The zero-order valence-electron chi connectivity index (χ0n) is 12.2. The third-order valence-electron chi connectivity index (χ3n) is 3.89. The smallest absolute Gasteiger partial charge is 0.137 e. The molecular weight excluding hydrogens is 281 g/mol. The van der Waals surface area contributed by atoms with Crippen molar-refractivity contribution in [2.24, 2.45) is 0 Å². The van der Waals surface area contributed by atoms with Gasteiger partial charge >= 0.3 is 0 Å². The van der Waals surface area contributed by atoms with Gasteiger partial charge in [-0.3, -0.25) is 0 Å². The van der Waals surface area contributed by atoms with Crippen LogP contribution in [0.5, 0.6) is 0 Å². The van der Waals surface area contributed by atoms with Crippen LogP contribution in [-0.2, 0) is 6.42 Å². The van der Waals surface area contributed by atoms with E-state index in [-0.39, 0.29) is 11.9 Å². The van der Waals surface area contributed by atoms with Crippen LogP contribution in [0.2, 0.25) is 0 Å². The normalized spacial score (nSPS) is 17.3. The Labute approximate surface area is 130 Å². The van der Waals surface area contributed by atoms with Crippen LogP contribution in [0.4, 0.5) is 10.1 Å². The van der Waals surface area contributed by atoms with E-state index in [0.717, 1.165) is 35.5 Å². The van der Waals surface area contributed by atoms with Gasteiger partial charge < -0.3 is 5.32 Å². The molecule has 2 aromatic carbocycles. The lowest BCUT2D eigenvalue weighted by molar-refractivity contribution is 0.585. The lowest BCUT2D eigenvalue weighted by Gasteiger charge is -2.28. The van der Waals surface area contributed by atoms with Gasteiger partial charge in [0, 0.05) is 16.3 Å². The molecule has 1 unspecified atom stereocenters. The topological polar surface area (TPSA) is 12.0 Å². The molecule has 1 aliphatic rings. The highest BCUT2D eigenvalue weighted by atomic mass is 32.2. The van der Waals surface area contributed by atoms with Crippen molar-refractivity contribution in [1.29, 1.82) is 0 Å². The summed E-state index contributed by atoms with van der Waals surface area (Å²) in [6.07, 6.45) is 3.23. The van der Waals surface area contributed by atoms with Crippen molar-refractivity contribution in [1.82, 2.24) is 0 Å². The first kappa shape index (κ1) is 14.5. The second-order valence-corrected chi connectivity index (χ2v) is 6.50. The fourth-order valence-electron chi connectivity index (χ4n) is 2.87. The van der Waals surface area contributed by atoms with Crippen molar-refractivity contribution in [3.05, 3.63) is 59.4 Å². The van der Waals surface area contributed by atoms with Crippen LogP contribution in [0.15, 0.2) is 47.4 Å². The summed E-state index contributed by atoms with van der Waals surface area (Å²) >= 11 is 1.63. The molecule has 0 bridgehead atoms. The summed E-state index contributed by atoms with van der Waals surface area (Å²) in [5.74, 6) is 0.868. The van der Waals surface area contributed by atoms with E-state index in [2.05, 4.69) is 36.5 Å². The minimum absolute atomic E-state index is 0.0918. The van der Waals surface area contributed by atoms with Gasteiger partial charge in [0.1, 0.15) is 5.82 Å². The fraction of sp³-hybridized carbons (Fsp3) is 0.333. The minimum Gasteiger partial charge on any atom is -0.378 e. The van der Waals surface area contributed by atoms with Crippen LogP contribution < -0.4 is 5.32 Å². The number of hydrogen-bond acceptors (Lipinski definition) is 2. The van der Waals surface area contributed by atoms with E-state index in [9.17, 15) is 4.39 Å². The molecule has 0 aliphatic carbocycles. The standard InChI is InChI=1S/C18H20FNS/c1-2-6-13-7-3-4-10-16(13)20-17-11-12-21-18-14(17)8-5-9-15(18)19/h3-5,7-10,17,20H,2,6,11-12H2,1H3. The van der Waals surface area contributed by atoms with E-state index >= 15 is 0 Å². The molecule has 3 heteroatoms. The number of rotatable bonds is 4. The van der Waals surface area contributed by atoms with Gasteiger partial charge in [0.2, 0.25) is 0 Å². The number of nitrogens with one attached hydrogen (secondary N) is 1. The van der Waals surface area contributed by atoms with Crippen LogP contribution in [0.25, 0.3) is 0 Å². The van der Waals surface area contributed by atoms with Gasteiger partial charge in [-0.25, -0.2) is 4.39 Å². The Hall–Kier alpha value is -1.48. The molecule has 1 aliphatic heterocycles. The molecule has 0 spiro atoms. The molecule has 2 aromatic rings. The van der Waals surface area contributed by atoms with Gasteiger partial charge in [-0.05, 0) is 36.1 Å². The number of anilines is 1. The Morgan fingerprint density at radius 3 is 2.90 bits per heavy atom. The van der Waals surface area contributed by atoms with E-state index in [1.54, 1.807) is 17.8 Å². The van der Waals surface area contributed by atoms with Crippen LogP contribution in [-0.4, -0.2) is 5.75 Å². The molecule has 0 radical (unpaired) electrons. The predicted molar refractivity (Wildman–Crippen MR) is 88.5 cm³/mol. The highest BCUT2D eigenvalue weighted by Crippen LogP contribution is 2.39. The van der Waals surface area contributed by atoms with E-state index in [4.69, 9.17) is 0 Å². The third-order valence-corrected chi connectivity index (χ3v) is 5.05. The van der Waals surface area contributed by atoms with Gasteiger partial charge in [0.15, 0.2) is 0 Å². The molecule has 1 N–H and O–H groups in total. The van der Waals surface area contributed by atoms with Gasteiger partial charge in [-0.15, -0.1) is 11.8 Å². The maximum absolute atomic E-state index is 13.9. The maximum Gasteiger partial charge on any atom is 0.137 e. The minimum atomic E-state index is -0.0918. The van der Waals surface area contributed by atoms with Crippen LogP contribution in [0.3, 0.4) is 0 Å². The van der Waals surface area contributed by atoms with Crippen molar-refractivity contribution in [2.45, 2.75) is 37.1 Å². The quantitative estimate of drug-likeness (QED) is 0.808. The molecular formula is C18H20FNS. The number of thioether (sulfide) groups is 1. The Morgan fingerprint density at radius 1 is 1.19 bits per heavy atom. The van der Waals surface area contributed by atoms with E-state index < -0.39 is 0 Å². The summed E-state index contributed by atoms with van der Waals surface area (Å²) in [6, 6.07) is 14.1. The Bertz CT molecular complexity index is 626. The lowest BCUT2D eigenvalue weighted by Crippen LogP contribution is -2.17. The first-order valence-corrected chi connectivity index (χ1v) is 8.54. The van der Waals surface area contributed by atoms with Gasteiger partial charge in [0.25, 0.3) is 0 Å². The Balaban J connectivity index is 1.89. The summed E-state index contributed by atoms with van der Waals surface area (Å²) in [4.78, 5) is 0.814. The van der Waals surface area contributed by atoms with Crippen molar-refractivity contribution in [3.8, 4) is 0 Å². The van der Waals surface area contributed by atoms with Crippen LogP contribution >= 0.6 is 11.8 Å². The Morgan fingerprint density at radius 2 is 2.05 bits per heavy atom. The van der Waals surface area contributed by atoms with Gasteiger partial charge in [-0.2, -0.15) is 0 Å². The summed E-state index contributed by atoms with van der Waals surface area (Å²) in [6.45, 7) is 2.19. The van der Waals surface area contributed by atoms with Gasteiger partial charge in [0.05, 0.1) is 6.04 Å². The first-order chi connectivity index (χ1) is 10.3. The lowest BCUT2D eigenvalue weighted by atomic mass is 10.0. The molecule has 1 heterocycles. The molecule has 1 atom stereocenters. The molecule has 1 nitrogen and oxygen atoms in total. The predicted octanol–water partition coefficient (Wildman–Crippen LogP) is 5.43. The highest BCUT2D eigenvalue weighted by Gasteiger charge is 2.23. The maximum atomic E-state index is 13.9. The summed E-state index contributed by atoms with van der Waals surface area (Å²) in [5.41, 5.74) is 3.63. The first-order valence-electron chi connectivity index (χ1n) is 7.55. The number of benzene rings is 2. The van der Waals surface area contributed by atoms with E-state index in [0.29, 0.717) is 0 Å². The monoisotopic (exact) mass is 301 g/mol. The number of aryl methyl sites for hydroxylation is 1. The molecule has 0 saturated carbocycles. The fourth-order valence-corrected chi connectivity index (χ4v) is 4.01. The van der Waals surface area contributed by atoms with Crippen molar-refractivity contribution >= 4 is 17.4 Å². The molecule has 0 amide bonds. The third kappa shape index (κ3) is 3.08. The molecule has 0 saturated heterocycles. The van der Waals surface area contributed by atoms with E-state index in [1.807, 2.05) is 12.1 Å². The van der Waals surface area contributed by atoms with E-state index in [1.165, 1.54) is 11.3 Å².